The highest BCUT2D eigenvalue weighted by molar-refractivity contribution is 6.30. The van der Waals surface area contributed by atoms with Crippen molar-refractivity contribution in [1.82, 2.24) is 15.1 Å². The maximum absolute atomic E-state index is 12.8. The van der Waals surface area contributed by atoms with E-state index in [9.17, 15) is 10.1 Å². The first-order chi connectivity index (χ1) is 19.1. The monoisotopic (exact) mass is 538 g/mol. The molecule has 0 spiro atoms. The van der Waals surface area contributed by atoms with Crippen LogP contribution in [0.25, 0.3) is 23.0 Å². The van der Waals surface area contributed by atoms with E-state index in [4.69, 9.17) is 26.2 Å². The van der Waals surface area contributed by atoms with Crippen LogP contribution in [0.1, 0.15) is 24.0 Å². The van der Waals surface area contributed by atoms with E-state index in [1.165, 1.54) is 0 Å². The van der Waals surface area contributed by atoms with Crippen molar-refractivity contribution in [2.75, 3.05) is 13.2 Å². The molecule has 196 valence electrons. The zero-order chi connectivity index (χ0) is 27.0. The molecule has 1 amide bonds. The van der Waals surface area contributed by atoms with E-state index in [1.807, 2.05) is 91.1 Å². The lowest BCUT2D eigenvalue weighted by atomic mass is 10.1. The summed E-state index contributed by atoms with van der Waals surface area (Å²) in [7, 11) is 0. The SMILES string of the molecule is N#C/C(=C\c1cn(-c2ccccc2)nc1-c1ccc(OCc2ccc(Cl)cc2)cc1)C(=O)NC[C@H]1CCCO1. The molecule has 1 aliphatic rings. The molecule has 8 heteroatoms. The van der Waals surface area contributed by atoms with Gasteiger partial charge in [0.2, 0.25) is 0 Å². The number of carbonyl (C=O) groups excluding carboxylic acids is 1. The van der Waals surface area contributed by atoms with Gasteiger partial charge in [-0.25, -0.2) is 4.68 Å². The molecule has 0 radical (unpaired) electrons. The Morgan fingerprint density at radius 3 is 2.59 bits per heavy atom. The predicted octanol–water partition coefficient (Wildman–Crippen LogP) is 5.97. The van der Waals surface area contributed by atoms with E-state index in [2.05, 4.69) is 5.32 Å². The molecular formula is C31H27ClN4O3. The zero-order valence-corrected chi connectivity index (χ0v) is 22.0. The number of nitrogens with zero attached hydrogens (tertiary/aromatic N) is 3. The summed E-state index contributed by atoms with van der Waals surface area (Å²) < 4.78 is 13.2. The fourth-order valence-corrected chi connectivity index (χ4v) is 4.42. The lowest BCUT2D eigenvalue weighted by Crippen LogP contribution is -2.32. The first-order valence-corrected chi connectivity index (χ1v) is 13.1. The number of nitrogens with one attached hydrogen (secondary N) is 1. The van der Waals surface area contributed by atoms with E-state index in [0.717, 1.165) is 29.7 Å². The predicted molar refractivity (Wildman–Crippen MR) is 150 cm³/mol. The second-order valence-corrected chi connectivity index (χ2v) is 9.60. The summed E-state index contributed by atoms with van der Waals surface area (Å²) in [5.74, 6) is 0.275. The minimum Gasteiger partial charge on any atom is -0.489 e. The lowest BCUT2D eigenvalue weighted by molar-refractivity contribution is -0.117. The van der Waals surface area contributed by atoms with Crippen LogP contribution in [0.2, 0.25) is 5.02 Å². The van der Waals surface area contributed by atoms with Gasteiger partial charge in [-0.05, 0) is 73.0 Å². The van der Waals surface area contributed by atoms with Crippen LogP contribution in [0, 0.1) is 11.3 Å². The van der Waals surface area contributed by atoms with Crippen molar-refractivity contribution in [3.63, 3.8) is 0 Å². The maximum atomic E-state index is 12.8. The molecule has 2 heterocycles. The molecule has 1 aliphatic heterocycles. The Morgan fingerprint density at radius 1 is 1.13 bits per heavy atom. The topological polar surface area (TPSA) is 89.2 Å². The third kappa shape index (κ3) is 6.74. The molecule has 3 aromatic carbocycles. The van der Waals surface area contributed by atoms with Crippen molar-refractivity contribution in [3.8, 4) is 28.8 Å². The number of halogens is 1. The first-order valence-electron chi connectivity index (χ1n) is 12.7. The molecule has 1 atom stereocenters. The molecule has 39 heavy (non-hydrogen) atoms. The molecule has 1 N–H and O–H groups in total. The summed E-state index contributed by atoms with van der Waals surface area (Å²) in [6.45, 7) is 1.50. The number of ether oxygens (including phenoxy) is 2. The highest BCUT2D eigenvalue weighted by Crippen LogP contribution is 2.28. The lowest BCUT2D eigenvalue weighted by Gasteiger charge is -2.10. The summed E-state index contributed by atoms with van der Waals surface area (Å²) >= 11 is 5.96. The third-order valence-electron chi connectivity index (χ3n) is 6.39. The smallest absolute Gasteiger partial charge is 0.262 e. The van der Waals surface area contributed by atoms with E-state index in [1.54, 1.807) is 10.8 Å². The van der Waals surface area contributed by atoms with Gasteiger partial charge in [0.25, 0.3) is 5.91 Å². The number of rotatable bonds is 9. The molecule has 1 aromatic heterocycles. The van der Waals surface area contributed by atoms with Crippen LogP contribution in [0.4, 0.5) is 0 Å². The second kappa shape index (κ2) is 12.4. The van der Waals surface area contributed by atoms with E-state index in [0.29, 0.717) is 41.8 Å². The summed E-state index contributed by atoms with van der Waals surface area (Å²) in [6, 6.07) is 26.8. The minimum atomic E-state index is -0.433. The van der Waals surface area contributed by atoms with Gasteiger partial charge in [-0.3, -0.25) is 4.79 Å². The van der Waals surface area contributed by atoms with Gasteiger partial charge in [-0.2, -0.15) is 10.4 Å². The van der Waals surface area contributed by atoms with Crippen molar-refractivity contribution < 1.29 is 14.3 Å². The second-order valence-electron chi connectivity index (χ2n) is 9.17. The van der Waals surface area contributed by atoms with Crippen LogP contribution in [0.15, 0.2) is 90.6 Å². The number of carbonyl (C=O) groups is 1. The third-order valence-corrected chi connectivity index (χ3v) is 6.64. The Balaban J connectivity index is 1.39. The van der Waals surface area contributed by atoms with Crippen molar-refractivity contribution in [3.05, 3.63) is 107 Å². The average Bonchev–Trinajstić information content (AvgIpc) is 3.65. The average molecular weight is 539 g/mol. The van der Waals surface area contributed by atoms with Gasteiger partial charge in [-0.1, -0.05) is 41.9 Å². The van der Waals surface area contributed by atoms with Gasteiger partial charge in [0, 0.05) is 35.5 Å². The Hall–Kier alpha value is -4.38. The fraction of sp³-hybridized carbons (Fsp3) is 0.194. The summed E-state index contributed by atoms with van der Waals surface area (Å²) in [6.07, 6.45) is 5.27. The normalized spacial score (nSPS) is 15.1. The van der Waals surface area contributed by atoms with Crippen molar-refractivity contribution in [2.24, 2.45) is 0 Å². The Labute approximate surface area is 232 Å². The molecule has 0 unspecified atom stereocenters. The fourth-order valence-electron chi connectivity index (χ4n) is 4.30. The molecule has 0 bridgehead atoms. The van der Waals surface area contributed by atoms with Gasteiger partial charge in [0.15, 0.2) is 0 Å². The van der Waals surface area contributed by atoms with Gasteiger partial charge >= 0.3 is 0 Å². The Morgan fingerprint density at radius 2 is 1.90 bits per heavy atom. The van der Waals surface area contributed by atoms with E-state index >= 15 is 0 Å². The molecule has 4 aromatic rings. The highest BCUT2D eigenvalue weighted by atomic mass is 35.5. The van der Waals surface area contributed by atoms with Crippen LogP contribution in [0.3, 0.4) is 0 Å². The van der Waals surface area contributed by atoms with Crippen LogP contribution in [-0.2, 0) is 16.1 Å². The number of aromatic nitrogens is 2. The van der Waals surface area contributed by atoms with Gasteiger partial charge in [0.1, 0.15) is 24.0 Å². The van der Waals surface area contributed by atoms with Gasteiger partial charge < -0.3 is 14.8 Å². The Kier molecular flexibility index (Phi) is 8.37. The summed E-state index contributed by atoms with van der Waals surface area (Å²) in [5, 5.41) is 18.1. The maximum Gasteiger partial charge on any atom is 0.262 e. The standard InChI is InChI=1S/C31H27ClN4O3/c32-26-12-8-22(9-13-26)21-39-28-14-10-23(11-15-28)30-25(20-36(35-30)27-5-2-1-3-6-27)17-24(18-33)31(37)34-19-29-7-4-16-38-29/h1-3,5-6,8-15,17,20,29H,4,7,16,19,21H2,(H,34,37)/b24-17+/t29-/m1/s1. The van der Waals surface area contributed by atoms with Crippen molar-refractivity contribution >= 4 is 23.6 Å². The number of amides is 1. The molecule has 0 saturated carbocycles. The quantitative estimate of drug-likeness (QED) is 0.209. The molecule has 7 nitrogen and oxygen atoms in total. The molecule has 1 fully saturated rings. The minimum absolute atomic E-state index is 0.00442. The molecule has 0 aliphatic carbocycles. The van der Waals surface area contributed by atoms with Crippen LogP contribution < -0.4 is 10.1 Å². The van der Waals surface area contributed by atoms with Gasteiger partial charge in [-0.15, -0.1) is 0 Å². The Bertz CT molecular complexity index is 1480. The van der Waals surface area contributed by atoms with E-state index in [-0.39, 0.29) is 11.7 Å². The first kappa shape index (κ1) is 26.2. The highest BCUT2D eigenvalue weighted by Gasteiger charge is 2.19. The van der Waals surface area contributed by atoms with Crippen LogP contribution in [-0.4, -0.2) is 34.9 Å². The number of nitriles is 1. The molecule has 1 saturated heterocycles. The van der Waals surface area contributed by atoms with Crippen molar-refractivity contribution in [1.29, 1.82) is 5.26 Å². The molecule has 5 rings (SSSR count). The molecular weight excluding hydrogens is 512 g/mol. The number of hydrogen-bond acceptors (Lipinski definition) is 5. The van der Waals surface area contributed by atoms with Crippen LogP contribution >= 0.6 is 11.6 Å². The van der Waals surface area contributed by atoms with Crippen LogP contribution in [0.5, 0.6) is 5.75 Å². The van der Waals surface area contributed by atoms with Crippen molar-refractivity contribution in [2.45, 2.75) is 25.6 Å². The van der Waals surface area contributed by atoms with E-state index < -0.39 is 5.91 Å². The number of para-hydroxylation sites is 1. The number of benzene rings is 3. The number of hydrogen-bond donors (Lipinski definition) is 1. The largest absolute Gasteiger partial charge is 0.489 e. The summed E-state index contributed by atoms with van der Waals surface area (Å²) in [5.41, 5.74) is 4.00. The van der Waals surface area contributed by atoms with Gasteiger partial charge in [0.05, 0.1) is 17.5 Å². The zero-order valence-electron chi connectivity index (χ0n) is 21.2. The summed E-state index contributed by atoms with van der Waals surface area (Å²) in [4.78, 5) is 12.8.